The van der Waals surface area contributed by atoms with Crippen LogP contribution in [0.3, 0.4) is 0 Å². The van der Waals surface area contributed by atoms with Crippen molar-refractivity contribution in [1.29, 1.82) is 0 Å². The third kappa shape index (κ3) is 5.35. The van der Waals surface area contributed by atoms with Crippen molar-refractivity contribution in [2.45, 2.75) is 6.42 Å². The van der Waals surface area contributed by atoms with Crippen LogP contribution in [0.25, 0.3) is 22.9 Å². The van der Waals surface area contributed by atoms with Crippen LogP contribution in [0.5, 0.6) is 17.2 Å². The van der Waals surface area contributed by atoms with E-state index in [1.165, 1.54) is 25.3 Å². The lowest BCUT2D eigenvalue weighted by Gasteiger charge is -2.03. The van der Waals surface area contributed by atoms with Crippen LogP contribution in [0.15, 0.2) is 66.7 Å². The van der Waals surface area contributed by atoms with Gasteiger partial charge < -0.3 is 14.6 Å². The first-order valence-corrected chi connectivity index (χ1v) is 9.35. The van der Waals surface area contributed by atoms with Gasteiger partial charge in [-0.2, -0.15) is 0 Å². The Kier molecular flexibility index (Phi) is 6.65. The Labute approximate surface area is 174 Å². The number of hydrogen-bond acceptors (Lipinski definition) is 5. The maximum Gasteiger partial charge on any atom is 0.163 e. The summed E-state index contributed by atoms with van der Waals surface area (Å²) in [7, 11) is 3.09. The van der Waals surface area contributed by atoms with Gasteiger partial charge in [-0.3, -0.25) is 9.59 Å². The average molecular weight is 402 g/mol. The van der Waals surface area contributed by atoms with Crippen molar-refractivity contribution >= 4 is 34.5 Å². The molecule has 0 spiro atoms. The van der Waals surface area contributed by atoms with E-state index in [0.29, 0.717) is 11.3 Å². The van der Waals surface area contributed by atoms with E-state index in [-0.39, 0.29) is 23.7 Å². The summed E-state index contributed by atoms with van der Waals surface area (Å²) in [4.78, 5) is 24.1. The summed E-state index contributed by atoms with van der Waals surface area (Å²) < 4.78 is 10.2. The Morgan fingerprint density at radius 1 is 0.800 bits per heavy atom. The van der Waals surface area contributed by atoms with Crippen molar-refractivity contribution in [2.24, 2.45) is 0 Å². The number of ether oxygens (including phenoxy) is 2. The highest BCUT2D eigenvalue weighted by molar-refractivity contribution is 6.11. The second-order valence-electron chi connectivity index (χ2n) is 6.68. The molecule has 0 aliphatic carbocycles. The predicted molar refractivity (Wildman–Crippen MR) is 118 cm³/mol. The molecule has 0 unspecified atom stereocenters. The maximum atomic E-state index is 12.1. The van der Waals surface area contributed by atoms with Gasteiger partial charge in [-0.1, -0.05) is 36.4 Å². The van der Waals surface area contributed by atoms with Crippen molar-refractivity contribution in [1.82, 2.24) is 0 Å². The number of fused-ring (bicyclic) bond motifs is 1. The minimum Gasteiger partial charge on any atom is -0.504 e. The van der Waals surface area contributed by atoms with Gasteiger partial charge in [0.15, 0.2) is 23.1 Å². The largest absolute Gasteiger partial charge is 0.504 e. The normalized spacial score (nSPS) is 11.3. The zero-order chi connectivity index (χ0) is 21.5. The van der Waals surface area contributed by atoms with Gasteiger partial charge >= 0.3 is 0 Å². The van der Waals surface area contributed by atoms with Gasteiger partial charge in [0.05, 0.1) is 20.6 Å². The van der Waals surface area contributed by atoms with E-state index in [9.17, 15) is 14.7 Å². The Morgan fingerprint density at radius 3 is 2.03 bits per heavy atom. The Bertz CT molecular complexity index is 1140. The molecule has 0 amide bonds. The molecule has 0 radical (unpaired) electrons. The number of carbonyl (C=O) groups excluding carboxylic acids is 2. The van der Waals surface area contributed by atoms with Crippen LogP contribution in [0.4, 0.5) is 0 Å². The molecule has 30 heavy (non-hydrogen) atoms. The molecule has 0 heterocycles. The lowest BCUT2D eigenvalue weighted by atomic mass is 10.1. The number of methoxy groups -OCH3 is 2. The molecular weight excluding hydrogens is 380 g/mol. The van der Waals surface area contributed by atoms with E-state index in [1.807, 2.05) is 36.4 Å². The van der Waals surface area contributed by atoms with E-state index < -0.39 is 0 Å². The fraction of sp³-hybridized carbons (Fsp3) is 0.120. The van der Waals surface area contributed by atoms with Crippen LogP contribution in [-0.4, -0.2) is 30.9 Å². The predicted octanol–water partition coefficient (Wildman–Crippen LogP) is 4.82. The number of allylic oxidation sites excluding steroid dienone is 2. The fourth-order valence-electron chi connectivity index (χ4n) is 2.95. The first-order chi connectivity index (χ1) is 14.5. The van der Waals surface area contributed by atoms with Gasteiger partial charge in [-0.25, -0.2) is 0 Å². The number of phenolic OH excluding ortho intramolecular Hbond substituents is 1. The SMILES string of the molecule is COc1ccc2cc(C=CC(=O)CC(=O)C=Cc3ccc(OC)c(O)c3)ccc2c1. The molecule has 5 heteroatoms. The van der Waals surface area contributed by atoms with Crippen LogP contribution in [-0.2, 0) is 9.59 Å². The Morgan fingerprint density at radius 2 is 1.40 bits per heavy atom. The fourth-order valence-corrected chi connectivity index (χ4v) is 2.95. The molecule has 0 atom stereocenters. The minimum atomic E-state index is -0.314. The number of ketones is 2. The molecule has 0 aromatic heterocycles. The van der Waals surface area contributed by atoms with Crippen LogP contribution in [0.2, 0.25) is 0 Å². The first-order valence-electron chi connectivity index (χ1n) is 9.35. The molecule has 0 saturated heterocycles. The van der Waals surface area contributed by atoms with Crippen LogP contribution < -0.4 is 9.47 Å². The number of aromatic hydroxyl groups is 1. The molecule has 0 bridgehead atoms. The van der Waals surface area contributed by atoms with E-state index >= 15 is 0 Å². The van der Waals surface area contributed by atoms with Crippen molar-refractivity contribution < 1.29 is 24.2 Å². The summed E-state index contributed by atoms with van der Waals surface area (Å²) >= 11 is 0. The van der Waals surface area contributed by atoms with Gasteiger partial charge in [0.25, 0.3) is 0 Å². The molecule has 3 aromatic rings. The average Bonchev–Trinajstić information content (AvgIpc) is 2.75. The third-order valence-electron chi connectivity index (χ3n) is 4.55. The van der Waals surface area contributed by atoms with Gasteiger partial charge in [0, 0.05) is 0 Å². The first kappa shape index (κ1) is 20.9. The number of phenols is 1. The number of benzene rings is 3. The second-order valence-corrected chi connectivity index (χ2v) is 6.68. The van der Waals surface area contributed by atoms with Gasteiger partial charge in [0.1, 0.15) is 5.75 Å². The highest BCUT2D eigenvalue weighted by Crippen LogP contribution is 2.26. The van der Waals surface area contributed by atoms with E-state index in [4.69, 9.17) is 9.47 Å². The van der Waals surface area contributed by atoms with Gasteiger partial charge in [-0.05, 0) is 64.4 Å². The highest BCUT2D eigenvalue weighted by atomic mass is 16.5. The molecule has 3 rings (SSSR count). The van der Waals surface area contributed by atoms with Crippen molar-refractivity contribution in [3.8, 4) is 17.2 Å². The summed E-state index contributed by atoms with van der Waals surface area (Å²) in [6.07, 6.45) is 5.77. The zero-order valence-corrected chi connectivity index (χ0v) is 16.8. The molecule has 0 aliphatic rings. The summed E-state index contributed by atoms with van der Waals surface area (Å²) in [6, 6.07) is 16.4. The molecule has 3 aromatic carbocycles. The van der Waals surface area contributed by atoms with E-state index in [0.717, 1.165) is 22.1 Å². The molecule has 0 saturated carbocycles. The topological polar surface area (TPSA) is 72.8 Å². The van der Waals surface area contributed by atoms with Crippen LogP contribution in [0, 0.1) is 0 Å². The summed E-state index contributed by atoms with van der Waals surface area (Å²) in [5.41, 5.74) is 1.51. The number of hydrogen-bond donors (Lipinski definition) is 1. The van der Waals surface area contributed by atoms with Crippen molar-refractivity contribution in [2.75, 3.05) is 14.2 Å². The highest BCUT2D eigenvalue weighted by Gasteiger charge is 2.05. The lowest BCUT2D eigenvalue weighted by molar-refractivity contribution is -0.121. The van der Waals surface area contributed by atoms with Crippen LogP contribution in [0.1, 0.15) is 17.5 Å². The minimum absolute atomic E-state index is 0.0139. The summed E-state index contributed by atoms with van der Waals surface area (Å²) in [5, 5.41) is 11.8. The van der Waals surface area contributed by atoms with E-state index in [1.54, 1.807) is 31.4 Å². The Balaban J connectivity index is 1.60. The van der Waals surface area contributed by atoms with Crippen molar-refractivity contribution in [3.63, 3.8) is 0 Å². The van der Waals surface area contributed by atoms with Gasteiger partial charge in [0.2, 0.25) is 0 Å². The van der Waals surface area contributed by atoms with Crippen LogP contribution >= 0.6 is 0 Å². The number of rotatable bonds is 8. The molecule has 0 fully saturated rings. The third-order valence-corrected chi connectivity index (χ3v) is 4.55. The monoisotopic (exact) mass is 402 g/mol. The molecule has 152 valence electrons. The lowest BCUT2D eigenvalue weighted by Crippen LogP contribution is -2.01. The van der Waals surface area contributed by atoms with Gasteiger partial charge in [-0.15, -0.1) is 0 Å². The quantitative estimate of drug-likeness (QED) is 0.432. The zero-order valence-electron chi connectivity index (χ0n) is 16.8. The standard InChI is InChI=1S/C25H22O5/c1-29-23-11-8-19-13-17(3-7-20(19)15-23)4-9-21(26)16-22(27)10-5-18-6-12-25(30-2)24(28)14-18/h3-15,28H,16H2,1-2H3. The Hall–Kier alpha value is -3.86. The smallest absolute Gasteiger partial charge is 0.163 e. The summed E-state index contributed by atoms with van der Waals surface area (Å²) in [5.74, 6) is 0.534. The molecule has 0 aliphatic heterocycles. The maximum absolute atomic E-state index is 12.1. The number of carbonyl (C=O) groups is 2. The summed E-state index contributed by atoms with van der Waals surface area (Å²) in [6.45, 7) is 0. The second kappa shape index (κ2) is 9.56. The van der Waals surface area contributed by atoms with Crippen molar-refractivity contribution in [3.05, 3.63) is 77.9 Å². The molecule has 1 N–H and O–H groups in total. The molecular formula is C25H22O5. The molecule has 5 nitrogen and oxygen atoms in total. The van der Waals surface area contributed by atoms with E-state index in [2.05, 4.69) is 0 Å².